The zero-order valence-corrected chi connectivity index (χ0v) is 16.9. The van der Waals surface area contributed by atoms with E-state index in [4.69, 9.17) is 0 Å². The molecule has 1 aromatic rings. The van der Waals surface area contributed by atoms with Gasteiger partial charge in [-0.15, -0.1) is 0 Å². The first-order valence-electron chi connectivity index (χ1n) is 9.42. The second kappa shape index (κ2) is 9.48. The van der Waals surface area contributed by atoms with E-state index in [2.05, 4.69) is 5.32 Å². The Morgan fingerprint density at radius 3 is 2.54 bits per heavy atom. The number of unbranched alkanes of at least 4 members (excludes halogenated alkanes) is 1. The van der Waals surface area contributed by atoms with Gasteiger partial charge in [-0.1, -0.05) is 25.5 Å². The zero-order chi connectivity index (χ0) is 19.2. The number of carbonyl (C=O) groups excluding carboxylic acids is 1. The van der Waals surface area contributed by atoms with Crippen LogP contribution in [0.15, 0.2) is 23.1 Å². The van der Waals surface area contributed by atoms with Crippen LogP contribution in [0.5, 0.6) is 0 Å². The van der Waals surface area contributed by atoms with E-state index in [1.54, 1.807) is 6.07 Å². The van der Waals surface area contributed by atoms with Gasteiger partial charge in [-0.2, -0.15) is 4.31 Å². The third kappa shape index (κ3) is 5.28. The first-order valence-corrected chi connectivity index (χ1v) is 10.9. The Kier molecular flexibility index (Phi) is 7.61. The summed E-state index contributed by atoms with van der Waals surface area (Å²) in [5, 5.41) is 3.22. The molecule has 26 heavy (non-hydrogen) atoms. The Morgan fingerprint density at radius 1 is 1.19 bits per heavy atom. The first kappa shape index (κ1) is 20.9. The molecule has 0 unspecified atom stereocenters. The lowest BCUT2D eigenvalue weighted by Crippen LogP contribution is -2.47. The van der Waals surface area contributed by atoms with Crippen LogP contribution in [0.25, 0.3) is 0 Å². The summed E-state index contributed by atoms with van der Waals surface area (Å²) in [6, 6.07) is 5.48. The van der Waals surface area contributed by atoms with Crippen molar-refractivity contribution in [2.24, 2.45) is 0 Å². The fourth-order valence-electron chi connectivity index (χ4n) is 3.10. The highest BCUT2D eigenvalue weighted by Crippen LogP contribution is 2.22. The highest BCUT2D eigenvalue weighted by Gasteiger charge is 2.27. The molecule has 146 valence electrons. The molecule has 1 amide bonds. The van der Waals surface area contributed by atoms with Crippen molar-refractivity contribution in [2.75, 3.05) is 39.3 Å². The van der Waals surface area contributed by atoms with Gasteiger partial charge in [0.05, 0.1) is 4.90 Å². The van der Waals surface area contributed by atoms with Crippen LogP contribution in [0.4, 0.5) is 0 Å². The number of carbonyl (C=O) groups is 1. The second-order valence-electron chi connectivity index (χ2n) is 6.91. The molecule has 1 N–H and O–H groups in total. The minimum absolute atomic E-state index is 0.0316. The predicted molar refractivity (Wildman–Crippen MR) is 104 cm³/mol. The van der Waals surface area contributed by atoms with E-state index < -0.39 is 10.0 Å². The molecule has 0 saturated carbocycles. The van der Waals surface area contributed by atoms with Gasteiger partial charge in [0.15, 0.2) is 0 Å². The van der Waals surface area contributed by atoms with E-state index in [-0.39, 0.29) is 18.9 Å². The molecule has 0 bridgehead atoms. The van der Waals surface area contributed by atoms with E-state index in [0.717, 1.165) is 37.1 Å². The molecule has 2 rings (SSSR count). The molecule has 0 aliphatic carbocycles. The van der Waals surface area contributed by atoms with Crippen LogP contribution in [-0.2, 0) is 14.8 Å². The molecular weight excluding hydrogens is 350 g/mol. The normalized spacial score (nSPS) is 15.5. The first-order chi connectivity index (χ1) is 12.4. The minimum atomic E-state index is -3.60. The molecule has 7 heteroatoms. The summed E-state index contributed by atoms with van der Waals surface area (Å²) in [4.78, 5) is 14.6. The molecule has 0 radical (unpaired) electrons. The van der Waals surface area contributed by atoms with Crippen molar-refractivity contribution in [3.8, 4) is 0 Å². The van der Waals surface area contributed by atoms with Gasteiger partial charge in [0.1, 0.15) is 0 Å². The summed E-state index contributed by atoms with van der Waals surface area (Å²) in [6.45, 7) is 9.40. The van der Waals surface area contributed by atoms with Crippen molar-refractivity contribution in [3.05, 3.63) is 29.3 Å². The maximum Gasteiger partial charge on any atom is 0.243 e. The molecule has 1 heterocycles. The average molecular weight is 382 g/mol. The van der Waals surface area contributed by atoms with Gasteiger partial charge in [0.2, 0.25) is 15.9 Å². The van der Waals surface area contributed by atoms with Crippen molar-refractivity contribution in [3.63, 3.8) is 0 Å². The Balaban J connectivity index is 2.14. The Labute approximate surface area is 157 Å². The van der Waals surface area contributed by atoms with Gasteiger partial charge in [-0.3, -0.25) is 4.79 Å². The summed E-state index contributed by atoms with van der Waals surface area (Å²) in [5.41, 5.74) is 1.66. The summed E-state index contributed by atoms with van der Waals surface area (Å²) < 4.78 is 27.9. The van der Waals surface area contributed by atoms with E-state index in [1.165, 1.54) is 4.31 Å². The van der Waals surface area contributed by atoms with Crippen molar-refractivity contribution < 1.29 is 13.2 Å². The maximum atomic E-state index is 13.2. The molecule has 0 spiro atoms. The molecule has 1 aromatic carbocycles. The van der Waals surface area contributed by atoms with Gasteiger partial charge in [0, 0.05) is 45.7 Å². The summed E-state index contributed by atoms with van der Waals surface area (Å²) >= 11 is 0. The van der Waals surface area contributed by atoms with Crippen LogP contribution in [0, 0.1) is 13.8 Å². The van der Waals surface area contributed by atoms with Gasteiger partial charge < -0.3 is 10.2 Å². The molecule has 6 nitrogen and oxygen atoms in total. The number of piperazine rings is 1. The summed E-state index contributed by atoms with van der Waals surface area (Å²) in [6.07, 6.45) is 1.92. The summed E-state index contributed by atoms with van der Waals surface area (Å²) in [7, 11) is -3.60. The van der Waals surface area contributed by atoms with Crippen molar-refractivity contribution in [1.29, 1.82) is 0 Å². The number of sulfonamides is 1. The van der Waals surface area contributed by atoms with Crippen molar-refractivity contribution in [2.45, 2.75) is 44.9 Å². The molecule has 0 aromatic heterocycles. The standard InChI is InChI=1S/C19H31N3O3S/c1-4-5-11-22(12-8-19(23)21-13-9-20-10-14-21)26(24,25)18-15-16(2)6-7-17(18)3/h6-7,15,20H,4-5,8-14H2,1-3H3. The number of amides is 1. The van der Waals surface area contributed by atoms with E-state index >= 15 is 0 Å². The second-order valence-corrected chi connectivity index (χ2v) is 8.81. The Morgan fingerprint density at radius 2 is 1.88 bits per heavy atom. The topological polar surface area (TPSA) is 69.7 Å². The van der Waals surface area contributed by atoms with Crippen LogP contribution in [0.3, 0.4) is 0 Å². The zero-order valence-electron chi connectivity index (χ0n) is 16.1. The molecule has 1 saturated heterocycles. The molecule has 0 atom stereocenters. The minimum Gasteiger partial charge on any atom is -0.340 e. The lowest BCUT2D eigenvalue weighted by molar-refractivity contribution is -0.131. The third-order valence-corrected chi connectivity index (χ3v) is 6.81. The third-order valence-electron chi connectivity index (χ3n) is 4.77. The van der Waals surface area contributed by atoms with Crippen LogP contribution >= 0.6 is 0 Å². The number of hydrogen-bond donors (Lipinski definition) is 1. The smallest absolute Gasteiger partial charge is 0.243 e. The number of aryl methyl sites for hydroxylation is 2. The Bertz CT molecular complexity index is 713. The van der Waals surface area contributed by atoms with Crippen LogP contribution in [0.1, 0.15) is 37.3 Å². The van der Waals surface area contributed by atoms with E-state index in [9.17, 15) is 13.2 Å². The van der Waals surface area contributed by atoms with E-state index in [1.807, 2.05) is 37.8 Å². The fraction of sp³-hybridized carbons (Fsp3) is 0.632. The quantitative estimate of drug-likeness (QED) is 0.747. The lowest BCUT2D eigenvalue weighted by Gasteiger charge is -2.29. The highest BCUT2D eigenvalue weighted by atomic mass is 32.2. The van der Waals surface area contributed by atoms with Crippen LogP contribution < -0.4 is 5.32 Å². The number of nitrogens with one attached hydrogen (secondary N) is 1. The molecule has 1 fully saturated rings. The van der Waals surface area contributed by atoms with Gasteiger partial charge >= 0.3 is 0 Å². The van der Waals surface area contributed by atoms with Crippen LogP contribution in [0.2, 0.25) is 0 Å². The van der Waals surface area contributed by atoms with Gasteiger partial charge in [0.25, 0.3) is 0 Å². The Hall–Kier alpha value is -1.44. The lowest BCUT2D eigenvalue weighted by atomic mass is 10.2. The number of benzene rings is 1. The monoisotopic (exact) mass is 381 g/mol. The largest absolute Gasteiger partial charge is 0.340 e. The number of hydrogen-bond acceptors (Lipinski definition) is 4. The van der Waals surface area contributed by atoms with Crippen LogP contribution in [-0.4, -0.2) is 62.8 Å². The maximum absolute atomic E-state index is 13.2. The highest BCUT2D eigenvalue weighted by molar-refractivity contribution is 7.89. The molecule has 1 aliphatic rings. The van der Waals surface area contributed by atoms with Crippen molar-refractivity contribution >= 4 is 15.9 Å². The molecule has 1 aliphatic heterocycles. The number of rotatable bonds is 8. The molecular formula is C19H31N3O3S. The van der Waals surface area contributed by atoms with E-state index in [0.29, 0.717) is 24.5 Å². The number of nitrogens with zero attached hydrogens (tertiary/aromatic N) is 2. The van der Waals surface area contributed by atoms with Crippen molar-refractivity contribution in [1.82, 2.24) is 14.5 Å². The fourth-order valence-corrected chi connectivity index (χ4v) is 4.89. The summed E-state index contributed by atoms with van der Waals surface area (Å²) in [5.74, 6) is 0.0316. The average Bonchev–Trinajstić information content (AvgIpc) is 2.64. The van der Waals surface area contributed by atoms with Gasteiger partial charge in [-0.25, -0.2) is 8.42 Å². The predicted octanol–water partition coefficient (Wildman–Crippen LogP) is 1.92. The SMILES string of the molecule is CCCCN(CCC(=O)N1CCNCC1)S(=O)(=O)c1cc(C)ccc1C. The van der Waals surface area contributed by atoms with Gasteiger partial charge in [-0.05, 0) is 37.5 Å².